The van der Waals surface area contributed by atoms with Crippen LogP contribution in [0.5, 0.6) is 0 Å². The van der Waals surface area contributed by atoms with Crippen LogP contribution in [0.25, 0.3) is 0 Å². The Bertz CT molecular complexity index is 738. The summed E-state index contributed by atoms with van der Waals surface area (Å²) < 4.78 is 124. The highest BCUT2D eigenvalue weighted by atomic mass is 32.2. The lowest BCUT2D eigenvalue weighted by Gasteiger charge is -2.27. The van der Waals surface area contributed by atoms with E-state index in [4.69, 9.17) is 5.11 Å². The molecule has 0 saturated carbocycles. The smallest absolute Gasteiger partial charge is 0.461 e. The highest BCUT2D eigenvalue weighted by molar-refractivity contribution is 7.92. The first-order valence-corrected chi connectivity index (χ1v) is 6.65. The Morgan fingerprint density at radius 1 is 1.00 bits per heavy atom. The molecule has 1 aromatic rings. The van der Waals surface area contributed by atoms with Gasteiger partial charge in [-0.15, -0.1) is 0 Å². The molecule has 0 spiro atoms. The number of benzene rings is 1. The van der Waals surface area contributed by atoms with Crippen LogP contribution in [-0.2, 0) is 9.84 Å². The van der Waals surface area contributed by atoms with E-state index in [1.165, 1.54) is 0 Å². The maximum Gasteiger partial charge on any atom is 0.461 e. The van der Waals surface area contributed by atoms with Gasteiger partial charge < -0.3 is 5.11 Å². The van der Waals surface area contributed by atoms with Crippen LogP contribution < -0.4 is 0 Å². The van der Waals surface area contributed by atoms with Gasteiger partial charge in [0.2, 0.25) is 0 Å². The van der Waals surface area contributed by atoms with Gasteiger partial charge >= 0.3 is 23.3 Å². The van der Waals surface area contributed by atoms with Gasteiger partial charge in [0.25, 0.3) is 9.84 Å². The van der Waals surface area contributed by atoms with Crippen molar-refractivity contribution in [2.75, 3.05) is 0 Å². The van der Waals surface area contributed by atoms with Gasteiger partial charge in [-0.05, 0) is 18.2 Å². The molecule has 0 aliphatic rings. The first kappa shape index (κ1) is 19.1. The highest BCUT2D eigenvalue weighted by Gasteiger charge is 2.78. The molecule has 0 aliphatic heterocycles. The van der Waals surface area contributed by atoms with Crippen molar-refractivity contribution in [2.24, 2.45) is 0 Å². The molecule has 0 bridgehead atoms. The number of carboxylic acids is 1. The summed E-state index contributed by atoms with van der Waals surface area (Å²) in [5, 5.41) is 1.76. The average Bonchev–Trinajstić information content (AvgIpc) is 2.36. The molecule has 0 atom stereocenters. The SMILES string of the molecule is O=C(O)c1ccc(F)c(S(=O)(=O)C(F)(F)C(F)(F)C(F)(F)F)c1. The zero-order chi connectivity index (χ0) is 18.4. The number of aromatic carboxylic acids is 1. The Morgan fingerprint density at radius 3 is 1.87 bits per heavy atom. The fourth-order valence-electron chi connectivity index (χ4n) is 1.31. The normalized spacial score (nSPS) is 13.9. The number of rotatable bonds is 4. The molecule has 0 fully saturated rings. The van der Waals surface area contributed by atoms with E-state index in [1.54, 1.807) is 0 Å². The number of carboxylic acid groups (broad SMARTS) is 1. The maximum atomic E-state index is 13.3. The number of sulfone groups is 1. The molecule has 0 radical (unpaired) electrons. The van der Waals surface area contributed by atoms with Crippen molar-refractivity contribution in [3.8, 4) is 0 Å². The molecule has 1 rings (SSSR count). The lowest BCUT2D eigenvalue weighted by molar-refractivity contribution is -0.332. The predicted octanol–water partition coefficient (Wildman–Crippen LogP) is 3.09. The molecule has 0 aliphatic carbocycles. The summed E-state index contributed by atoms with van der Waals surface area (Å²) in [5.41, 5.74) is -1.11. The Morgan fingerprint density at radius 2 is 1.48 bits per heavy atom. The minimum Gasteiger partial charge on any atom is -0.478 e. The fraction of sp³-hybridized carbons (Fsp3) is 0.300. The second-order valence-corrected chi connectivity index (χ2v) is 6.00. The molecule has 4 nitrogen and oxygen atoms in total. The Balaban J connectivity index is 3.65. The summed E-state index contributed by atoms with van der Waals surface area (Å²) in [4.78, 5) is 8.26. The summed E-state index contributed by atoms with van der Waals surface area (Å²) >= 11 is 0. The largest absolute Gasteiger partial charge is 0.478 e. The Hall–Kier alpha value is -1.92. The van der Waals surface area contributed by atoms with Crippen LogP contribution >= 0.6 is 0 Å². The van der Waals surface area contributed by atoms with E-state index in [-0.39, 0.29) is 12.1 Å². The quantitative estimate of drug-likeness (QED) is 0.825. The van der Waals surface area contributed by atoms with Crippen molar-refractivity contribution in [3.05, 3.63) is 29.6 Å². The molecule has 0 heterocycles. The monoisotopic (exact) mass is 372 g/mol. The van der Waals surface area contributed by atoms with Gasteiger partial charge in [-0.1, -0.05) is 0 Å². The van der Waals surface area contributed by atoms with Crippen LogP contribution in [-0.4, -0.2) is 36.8 Å². The highest BCUT2D eigenvalue weighted by Crippen LogP contribution is 2.51. The number of hydrogen-bond acceptors (Lipinski definition) is 3. The molecule has 1 aromatic carbocycles. The molecule has 130 valence electrons. The van der Waals surface area contributed by atoms with E-state index in [9.17, 15) is 48.3 Å². The number of carbonyl (C=O) groups is 1. The molecule has 0 amide bonds. The molecule has 13 heteroatoms. The van der Waals surface area contributed by atoms with Crippen LogP contribution in [0.3, 0.4) is 0 Å². The van der Waals surface area contributed by atoms with Crippen LogP contribution in [0.4, 0.5) is 35.1 Å². The third kappa shape index (κ3) is 2.84. The van der Waals surface area contributed by atoms with E-state index in [0.717, 1.165) is 0 Å². The minimum atomic E-state index is -7.04. The maximum absolute atomic E-state index is 13.3. The van der Waals surface area contributed by atoms with Gasteiger partial charge in [-0.25, -0.2) is 17.6 Å². The van der Waals surface area contributed by atoms with Crippen molar-refractivity contribution in [3.63, 3.8) is 0 Å². The lowest BCUT2D eigenvalue weighted by atomic mass is 10.2. The number of alkyl halides is 7. The minimum absolute atomic E-state index is 0.0259. The van der Waals surface area contributed by atoms with Crippen LogP contribution in [0, 0.1) is 5.82 Å². The van der Waals surface area contributed by atoms with E-state index in [0.29, 0.717) is 6.07 Å². The van der Waals surface area contributed by atoms with E-state index in [2.05, 4.69) is 0 Å². The first-order valence-electron chi connectivity index (χ1n) is 5.17. The van der Waals surface area contributed by atoms with Crippen molar-refractivity contribution in [1.82, 2.24) is 0 Å². The molecule has 1 N–H and O–H groups in total. The molecular formula is C10H4F8O4S. The van der Waals surface area contributed by atoms with Crippen molar-refractivity contribution < 1.29 is 53.4 Å². The summed E-state index contributed by atoms with van der Waals surface area (Å²) in [6.45, 7) is 0. The van der Waals surface area contributed by atoms with Crippen LogP contribution in [0.15, 0.2) is 23.1 Å². The topological polar surface area (TPSA) is 71.4 Å². The van der Waals surface area contributed by atoms with Gasteiger partial charge in [0, 0.05) is 0 Å². The van der Waals surface area contributed by atoms with Gasteiger partial charge in [-0.2, -0.15) is 30.7 Å². The van der Waals surface area contributed by atoms with Crippen molar-refractivity contribution in [1.29, 1.82) is 0 Å². The van der Waals surface area contributed by atoms with Crippen molar-refractivity contribution >= 4 is 15.8 Å². The van der Waals surface area contributed by atoms with Gasteiger partial charge in [0.1, 0.15) is 10.7 Å². The lowest BCUT2D eigenvalue weighted by Crippen LogP contribution is -2.56. The summed E-state index contributed by atoms with van der Waals surface area (Å²) in [6, 6.07) is 0.141. The zero-order valence-corrected chi connectivity index (χ0v) is 11.2. The van der Waals surface area contributed by atoms with E-state index >= 15 is 0 Å². The van der Waals surface area contributed by atoms with Crippen LogP contribution in [0.1, 0.15) is 10.4 Å². The predicted molar refractivity (Wildman–Crippen MR) is 56.5 cm³/mol. The summed E-state index contributed by atoms with van der Waals surface area (Å²) in [5.74, 6) is -11.1. The second-order valence-electron chi connectivity index (χ2n) is 4.04. The van der Waals surface area contributed by atoms with Gasteiger partial charge in [0.15, 0.2) is 0 Å². The molecule has 23 heavy (non-hydrogen) atoms. The third-order valence-electron chi connectivity index (χ3n) is 2.53. The molecule has 0 unspecified atom stereocenters. The van der Waals surface area contributed by atoms with Crippen molar-refractivity contribution in [2.45, 2.75) is 22.2 Å². The summed E-state index contributed by atoms with van der Waals surface area (Å²) in [6.07, 6.45) is -6.95. The van der Waals surface area contributed by atoms with Gasteiger partial charge in [-0.3, -0.25) is 0 Å². The average molecular weight is 372 g/mol. The Labute approximate surface area is 122 Å². The zero-order valence-electron chi connectivity index (χ0n) is 10.3. The third-order valence-corrected chi connectivity index (χ3v) is 4.35. The first-order chi connectivity index (χ1) is 10.1. The standard InChI is InChI=1S/C10H4F8O4S/c11-5-2-1-4(7(19)20)3-6(5)23(21,22)10(17,18)8(12,13)9(14,15)16/h1-3H,(H,19,20). The van der Waals surface area contributed by atoms with Gasteiger partial charge in [0.05, 0.1) is 5.56 Å². The summed E-state index contributed by atoms with van der Waals surface area (Å²) in [7, 11) is -6.91. The Kier molecular flexibility index (Phi) is 4.42. The fourth-order valence-corrected chi connectivity index (χ4v) is 2.65. The molecular weight excluding hydrogens is 368 g/mol. The van der Waals surface area contributed by atoms with E-state index < -0.39 is 49.4 Å². The van der Waals surface area contributed by atoms with Crippen LogP contribution in [0.2, 0.25) is 0 Å². The second kappa shape index (κ2) is 5.32. The molecule has 0 saturated heterocycles. The number of halogens is 8. The van der Waals surface area contributed by atoms with E-state index in [1.807, 2.05) is 0 Å². The number of hydrogen-bond donors (Lipinski definition) is 1. The molecule has 0 aromatic heterocycles.